The SMILES string of the molecule is Cc1cc(C2C(c3ccccn3)NC(=S)N2c2cc(Cl)ccc2O)c(C)n1Cc1ccncc1. The third-order valence-electron chi connectivity index (χ3n) is 6.32. The van der Waals surface area contributed by atoms with E-state index in [0.717, 1.165) is 29.2 Å². The molecular formula is C26H24ClN5OS. The topological polar surface area (TPSA) is 66.2 Å². The number of nitrogens with zero attached hydrogens (tertiary/aromatic N) is 4. The van der Waals surface area contributed by atoms with Gasteiger partial charge in [-0.05, 0) is 85.7 Å². The van der Waals surface area contributed by atoms with Crippen molar-refractivity contribution in [3.63, 3.8) is 0 Å². The summed E-state index contributed by atoms with van der Waals surface area (Å²) in [6.45, 7) is 4.97. The van der Waals surface area contributed by atoms with Crippen molar-refractivity contribution in [2.75, 3.05) is 4.90 Å². The van der Waals surface area contributed by atoms with Gasteiger partial charge in [0, 0.05) is 41.5 Å². The smallest absolute Gasteiger partial charge is 0.174 e. The number of phenolic OH excluding ortho intramolecular Hbond substituents is 1. The number of halogens is 1. The number of hydrogen-bond donors (Lipinski definition) is 2. The fourth-order valence-electron chi connectivity index (χ4n) is 4.66. The predicted molar refractivity (Wildman–Crippen MR) is 138 cm³/mol. The van der Waals surface area contributed by atoms with Crippen LogP contribution in [0.4, 0.5) is 5.69 Å². The van der Waals surface area contributed by atoms with Crippen LogP contribution in [0.5, 0.6) is 5.75 Å². The summed E-state index contributed by atoms with van der Waals surface area (Å²) >= 11 is 12.1. The largest absolute Gasteiger partial charge is 0.506 e. The highest BCUT2D eigenvalue weighted by atomic mass is 35.5. The number of pyridine rings is 2. The third kappa shape index (κ3) is 4.02. The first-order valence-electron chi connectivity index (χ1n) is 11.0. The monoisotopic (exact) mass is 489 g/mol. The summed E-state index contributed by atoms with van der Waals surface area (Å²) in [5.74, 6) is 0.116. The van der Waals surface area contributed by atoms with Gasteiger partial charge in [0.2, 0.25) is 0 Å². The summed E-state index contributed by atoms with van der Waals surface area (Å²) in [6, 6.07) is 16.7. The zero-order chi connectivity index (χ0) is 23.8. The molecule has 8 heteroatoms. The molecule has 1 aliphatic rings. The van der Waals surface area contributed by atoms with E-state index < -0.39 is 0 Å². The second-order valence-electron chi connectivity index (χ2n) is 8.40. The number of aromatic nitrogens is 3. The van der Waals surface area contributed by atoms with Crippen LogP contribution in [0.1, 0.15) is 40.3 Å². The van der Waals surface area contributed by atoms with Gasteiger partial charge in [-0.2, -0.15) is 0 Å². The van der Waals surface area contributed by atoms with Crippen LogP contribution >= 0.6 is 23.8 Å². The van der Waals surface area contributed by atoms with Gasteiger partial charge in [-0.1, -0.05) is 17.7 Å². The van der Waals surface area contributed by atoms with E-state index in [1.54, 1.807) is 24.4 Å². The highest BCUT2D eigenvalue weighted by Crippen LogP contribution is 2.46. The lowest BCUT2D eigenvalue weighted by Crippen LogP contribution is -2.29. The van der Waals surface area contributed by atoms with Crippen LogP contribution in [-0.4, -0.2) is 24.8 Å². The van der Waals surface area contributed by atoms with Crippen molar-refractivity contribution in [2.24, 2.45) is 0 Å². The molecule has 1 fully saturated rings. The van der Waals surface area contributed by atoms with Crippen molar-refractivity contribution >= 4 is 34.6 Å². The first kappa shape index (κ1) is 22.4. The van der Waals surface area contributed by atoms with E-state index in [1.807, 2.05) is 47.6 Å². The summed E-state index contributed by atoms with van der Waals surface area (Å²) in [5.41, 5.74) is 5.98. The fraction of sp³-hybridized carbons (Fsp3) is 0.192. The fourth-order valence-corrected chi connectivity index (χ4v) is 5.17. The van der Waals surface area contributed by atoms with Crippen LogP contribution < -0.4 is 10.2 Å². The summed E-state index contributed by atoms with van der Waals surface area (Å²) < 4.78 is 2.29. The van der Waals surface area contributed by atoms with Crippen molar-refractivity contribution in [1.29, 1.82) is 0 Å². The molecule has 4 heterocycles. The van der Waals surface area contributed by atoms with E-state index in [9.17, 15) is 5.11 Å². The lowest BCUT2D eigenvalue weighted by Gasteiger charge is -2.28. The Labute approximate surface area is 208 Å². The minimum Gasteiger partial charge on any atom is -0.506 e. The number of aromatic hydroxyl groups is 1. The summed E-state index contributed by atoms with van der Waals surface area (Å²) in [4.78, 5) is 10.7. The number of anilines is 1. The molecule has 34 heavy (non-hydrogen) atoms. The zero-order valence-electron chi connectivity index (χ0n) is 18.8. The van der Waals surface area contributed by atoms with Gasteiger partial charge in [0.05, 0.1) is 23.5 Å². The van der Waals surface area contributed by atoms with Gasteiger partial charge in [0.1, 0.15) is 5.75 Å². The quantitative estimate of drug-likeness (QED) is 0.362. The summed E-state index contributed by atoms with van der Waals surface area (Å²) in [6.07, 6.45) is 5.40. The third-order valence-corrected chi connectivity index (χ3v) is 6.87. The molecular weight excluding hydrogens is 466 g/mol. The Hall–Kier alpha value is -3.42. The second-order valence-corrected chi connectivity index (χ2v) is 9.22. The average Bonchev–Trinajstić information content (AvgIpc) is 3.32. The van der Waals surface area contributed by atoms with Crippen molar-refractivity contribution in [3.05, 3.63) is 106 Å². The van der Waals surface area contributed by atoms with E-state index >= 15 is 0 Å². The number of nitrogens with one attached hydrogen (secondary N) is 1. The van der Waals surface area contributed by atoms with Crippen LogP contribution in [0.3, 0.4) is 0 Å². The van der Waals surface area contributed by atoms with Crippen molar-refractivity contribution in [1.82, 2.24) is 19.9 Å². The number of rotatable bonds is 5. The van der Waals surface area contributed by atoms with Crippen molar-refractivity contribution in [3.8, 4) is 5.75 Å². The van der Waals surface area contributed by atoms with Gasteiger partial charge in [-0.3, -0.25) is 9.97 Å². The van der Waals surface area contributed by atoms with Gasteiger partial charge in [-0.15, -0.1) is 0 Å². The molecule has 0 saturated carbocycles. The number of phenols is 1. The molecule has 1 aromatic carbocycles. The van der Waals surface area contributed by atoms with Gasteiger partial charge in [0.25, 0.3) is 0 Å². The molecule has 5 rings (SSSR count). The Morgan fingerprint density at radius 1 is 1.06 bits per heavy atom. The molecule has 172 valence electrons. The summed E-state index contributed by atoms with van der Waals surface area (Å²) in [5, 5.41) is 15.2. The van der Waals surface area contributed by atoms with Crippen LogP contribution in [0, 0.1) is 13.8 Å². The maximum absolute atomic E-state index is 10.7. The molecule has 0 radical (unpaired) electrons. The van der Waals surface area contributed by atoms with Crippen LogP contribution in [0.25, 0.3) is 0 Å². The molecule has 6 nitrogen and oxygen atoms in total. The van der Waals surface area contributed by atoms with E-state index in [2.05, 4.69) is 39.8 Å². The normalized spacial score (nSPS) is 17.7. The molecule has 2 atom stereocenters. The maximum Gasteiger partial charge on any atom is 0.174 e. The molecule has 1 aliphatic heterocycles. The molecule has 1 saturated heterocycles. The summed E-state index contributed by atoms with van der Waals surface area (Å²) in [7, 11) is 0. The Morgan fingerprint density at radius 3 is 2.59 bits per heavy atom. The van der Waals surface area contributed by atoms with Gasteiger partial charge in [0.15, 0.2) is 5.11 Å². The number of aryl methyl sites for hydroxylation is 1. The van der Waals surface area contributed by atoms with Gasteiger partial charge >= 0.3 is 0 Å². The van der Waals surface area contributed by atoms with Gasteiger partial charge in [-0.25, -0.2) is 0 Å². The molecule has 0 spiro atoms. The van der Waals surface area contributed by atoms with E-state index in [0.29, 0.717) is 15.8 Å². The highest BCUT2D eigenvalue weighted by molar-refractivity contribution is 7.80. The second kappa shape index (κ2) is 9.08. The molecule has 2 N–H and O–H groups in total. The van der Waals surface area contributed by atoms with Crippen molar-refractivity contribution in [2.45, 2.75) is 32.5 Å². The Bertz CT molecular complexity index is 1340. The molecule has 0 aliphatic carbocycles. The van der Waals surface area contributed by atoms with Crippen LogP contribution in [-0.2, 0) is 6.54 Å². The molecule has 4 aromatic rings. The Kier molecular flexibility index (Phi) is 5.98. The maximum atomic E-state index is 10.7. The number of hydrogen-bond acceptors (Lipinski definition) is 4. The standard InChI is InChI=1S/C26H24ClN5OS/c1-16-13-20(17(2)31(16)15-18-8-11-28-12-9-18)25-24(21-5-3-4-10-29-21)30-26(34)32(25)22-14-19(27)6-7-23(22)33/h3-14,24-25,33H,15H2,1-2H3,(H,30,34). The number of benzene rings is 1. The molecule has 2 unspecified atom stereocenters. The molecule has 3 aromatic heterocycles. The first-order chi connectivity index (χ1) is 16.4. The first-order valence-corrected chi connectivity index (χ1v) is 11.8. The average molecular weight is 490 g/mol. The predicted octanol–water partition coefficient (Wildman–Crippen LogP) is 5.48. The molecule has 0 amide bonds. The number of thiocarbonyl (C=S) groups is 1. The van der Waals surface area contributed by atoms with Gasteiger partial charge < -0.3 is 19.9 Å². The molecule has 0 bridgehead atoms. The Balaban J connectivity index is 1.65. The minimum atomic E-state index is -0.232. The lowest BCUT2D eigenvalue weighted by atomic mass is 9.96. The Morgan fingerprint density at radius 2 is 1.85 bits per heavy atom. The zero-order valence-corrected chi connectivity index (χ0v) is 20.4. The van der Waals surface area contributed by atoms with E-state index in [4.69, 9.17) is 23.8 Å². The van der Waals surface area contributed by atoms with Crippen LogP contribution in [0.2, 0.25) is 5.02 Å². The van der Waals surface area contributed by atoms with E-state index in [1.165, 1.54) is 5.56 Å². The highest BCUT2D eigenvalue weighted by Gasteiger charge is 2.43. The van der Waals surface area contributed by atoms with Crippen LogP contribution in [0.15, 0.2) is 73.2 Å². The van der Waals surface area contributed by atoms with E-state index in [-0.39, 0.29) is 17.8 Å². The van der Waals surface area contributed by atoms with Crippen molar-refractivity contribution < 1.29 is 5.11 Å². The minimum absolute atomic E-state index is 0.116. The lowest BCUT2D eigenvalue weighted by molar-refractivity contribution is 0.472.